The number of hydrogen-bond donors (Lipinski definition) is 1. The third kappa shape index (κ3) is 1.60. The Morgan fingerprint density at radius 1 is 1.41 bits per heavy atom. The fraction of sp³-hybridized carbons (Fsp3) is 0.308. The smallest absolute Gasteiger partial charge is 0.308 e. The molecule has 0 fully saturated rings. The van der Waals surface area contributed by atoms with Gasteiger partial charge in [-0.15, -0.1) is 0 Å². The lowest BCUT2D eigenvalue weighted by Gasteiger charge is -2.22. The van der Waals surface area contributed by atoms with E-state index in [9.17, 15) is 9.18 Å². The highest BCUT2D eigenvalue weighted by molar-refractivity contribution is 5.82. The van der Waals surface area contributed by atoms with Crippen molar-refractivity contribution in [3.05, 3.63) is 35.8 Å². The summed E-state index contributed by atoms with van der Waals surface area (Å²) in [5.74, 6) is -1.41. The van der Waals surface area contributed by atoms with Crippen LogP contribution in [0.1, 0.15) is 12.1 Å². The fourth-order valence-electron chi connectivity index (χ4n) is 2.54. The van der Waals surface area contributed by atoms with E-state index in [1.165, 1.54) is 12.1 Å². The standard InChI is InChI=1S/C13H12FNO2/c14-10-3-1-8-5-11-4-2-9(13(16)17)7-15(11)12(8)6-10/h1,3,5-6,9H,2,4,7H2,(H,16,17). The van der Waals surface area contributed by atoms with Crippen molar-refractivity contribution in [2.24, 2.45) is 5.92 Å². The average Bonchev–Trinajstić information content (AvgIpc) is 2.66. The molecule has 3 rings (SSSR count). The van der Waals surface area contributed by atoms with Crippen molar-refractivity contribution in [2.75, 3.05) is 0 Å². The molecule has 1 unspecified atom stereocenters. The number of nitrogens with zero attached hydrogens (tertiary/aromatic N) is 1. The van der Waals surface area contributed by atoms with Gasteiger partial charge in [0.2, 0.25) is 0 Å². The second-order valence-electron chi connectivity index (χ2n) is 4.52. The lowest BCUT2D eigenvalue weighted by molar-refractivity contribution is -0.142. The molecule has 3 nitrogen and oxygen atoms in total. The Balaban J connectivity index is 2.13. The molecule has 1 aliphatic heterocycles. The van der Waals surface area contributed by atoms with E-state index in [4.69, 9.17) is 5.11 Å². The van der Waals surface area contributed by atoms with Crippen molar-refractivity contribution < 1.29 is 14.3 Å². The van der Waals surface area contributed by atoms with E-state index in [2.05, 4.69) is 0 Å². The predicted octanol–water partition coefficient (Wildman–Crippen LogP) is 2.43. The number of carboxylic acid groups (broad SMARTS) is 1. The molecular weight excluding hydrogens is 221 g/mol. The Bertz CT molecular complexity index is 603. The van der Waals surface area contributed by atoms with Crippen LogP contribution in [-0.2, 0) is 17.8 Å². The first kappa shape index (κ1) is 10.3. The molecule has 1 aliphatic rings. The van der Waals surface area contributed by atoms with Crippen LogP contribution in [0.5, 0.6) is 0 Å². The van der Waals surface area contributed by atoms with Gasteiger partial charge in [0.15, 0.2) is 0 Å². The molecule has 4 heteroatoms. The van der Waals surface area contributed by atoms with Crippen molar-refractivity contribution >= 4 is 16.9 Å². The van der Waals surface area contributed by atoms with Crippen LogP contribution in [0.15, 0.2) is 24.3 Å². The summed E-state index contributed by atoms with van der Waals surface area (Å²) < 4.78 is 15.1. The van der Waals surface area contributed by atoms with Gasteiger partial charge in [-0.25, -0.2) is 4.39 Å². The number of benzene rings is 1. The molecule has 0 aliphatic carbocycles. The molecule has 0 radical (unpaired) electrons. The number of fused-ring (bicyclic) bond motifs is 3. The molecular formula is C13H12FNO2. The summed E-state index contributed by atoms with van der Waals surface area (Å²) in [6, 6.07) is 6.67. The molecule has 0 amide bonds. The Hall–Kier alpha value is -1.84. The van der Waals surface area contributed by atoms with E-state index >= 15 is 0 Å². The van der Waals surface area contributed by atoms with Crippen LogP contribution >= 0.6 is 0 Å². The summed E-state index contributed by atoms with van der Waals surface area (Å²) in [5, 5.41) is 10.0. The molecule has 1 aromatic carbocycles. The molecule has 1 aromatic heterocycles. The normalized spacial score (nSPS) is 19.2. The maximum absolute atomic E-state index is 13.2. The maximum atomic E-state index is 13.2. The lowest BCUT2D eigenvalue weighted by Crippen LogP contribution is -2.26. The van der Waals surface area contributed by atoms with E-state index in [1.54, 1.807) is 6.07 Å². The number of rotatable bonds is 1. The summed E-state index contributed by atoms with van der Waals surface area (Å²) in [4.78, 5) is 11.0. The Morgan fingerprint density at radius 2 is 2.24 bits per heavy atom. The molecule has 2 aromatic rings. The molecule has 88 valence electrons. The van der Waals surface area contributed by atoms with Gasteiger partial charge in [-0.3, -0.25) is 4.79 Å². The van der Waals surface area contributed by atoms with Crippen LogP contribution in [0.4, 0.5) is 4.39 Å². The Morgan fingerprint density at radius 3 is 3.00 bits per heavy atom. The van der Waals surface area contributed by atoms with Crippen molar-refractivity contribution in [2.45, 2.75) is 19.4 Å². The van der Waals surface area contributed by atoms with Crippen molar-refractivity contribution in [1.82, 2.24) is 4.57 Å². The lowest BCUT2D eigenvalue weighted by atomic mass is 9.98. The van der Waals surface area contributed by atoms with Crippen molar-refractivity contribution in [3.63, 3.8) is 0 Å². The third-order valence-corrected chi connectivity index (χ3v) is 3.45. The quantitative estimate of drug-likeness (QED) is 0.822. The highest BCUT2D eigenvalue weighted by Gasteiger charge is 2.25. The van der Waals surface area contributed by atoms with Crippen LogP contribution < -0.4 is 0 Å². The predicted molar refractivity (Wildman–Crippen MR) is 61.3 cm³/mol. The zero-order chi connectivity index (χ0) is 12.0. The summed E-state index contributed by atoms with van der Waals surface area (Å²) in [5.41, 5.74) is 1.90. The molecule has 0 spiro atoms. The van der Waals surface area contributed by atoms with E-state index in [-0.39, 0.29) is 11.7 Å². The fourth-order valence-corrected chi connectivity index (χ4v) is 2.54. The van der Waals surface area contributed by atoms with Gasteiger partial charge in [0.1, 0.15) is 5.82 Å². The molecule has 17 heavy (non-hydrogen) atoms. The number of hydrogen-bond acceptors (Lipinski definition) is 1. The van der Waals surface area contributed by atoms with E-state index in [1.807, 2.05) is 10.6 Å². The highest BCUT2D eigenvalue weighted by Crippen LogP contribution is 2.28. The highest BCUT2D eigenvalue weighted by atomic mass is 19.1. The Kier molecular flexibility index (Phi) is 2.18. The number of aryl methyl sites for hydroxylation is 1. The first-order valence-corrected chi connectivity index (χ1v) is 5.65. The summed E-state index contributed by atoms with van der Waals surface area (Å²) in [7, 11) is 0. The summed E-state index contributed by atoms with van der Waals surface area (Å²) >= 11 is 0. The summed E-state index contributed by atoms with van der Waals surface area (Å²) in [6.45, 7) is 0.442. The van der Waals surface area contributed by atoms with Crippen LogP contribution in [0.3, 0.4) is 0 Å². The monoisotopic (exact) mass is 233 g/mol. The minimum absolute atomic E-state index is 0.282. The first-order valence-electron chi connectivity index (χ1n) is 5.65. The zero-order valence-electron chi connectivity index (χ0n) is 9.19. The van der Waals surface area contributed by atoms with Crippen molar-refractivity contribution in [3.8, 4) is 0 Å². The average molecular weight is 233 g/mol. The van der Waals surface area contributed by atoms with Crippen LogP contribution in [0.2, 0.25) is 0 Å². The zero-order valence-corrected chi connectivity index (χ0v) is 9.19. The van der Waals surface area contributed by atoms with Gasteiger partial charge in [-0.2, -0.15) is 0 Å². The van der Waals surface area contributed by atoms with Crippen LogP contribution in [-0.4, -0.2) is 15.6 Å². The maximum Gasteiger partial charge on any atom is 0.308 e. The number of aliphatic carboxylic acids is 1. The molecule has 2 heterocycles. The minimum Gasteiger partial charge on any atom is -0.481 e. The topological polar surface area (TPSA) is 42.2 Å². The Labute approximate surface area is 97.5 Å². The number of aromatic nitrogens is 1. The van der Waals surface area contributed by atoms with Crippen LogP contribution in [0, 0.1) is 11.7 Å². The van der Waals surface area contributed by atoms with Gasteiger partial charge in [-0.1, -0.05) is 0 Å². The number of carbonyl (C=O) groups is 1. The van der Waals surface area contributed by atoms with Crippen molar-refractivity contribution in [1.29, 1.82) is 0 Å². The molecule has 0 saturated heterocycles. The summed E-state index contributed by atoms with van der Waals surface area (Å²) in [6.07, 6.45) is 1.40. The largest absolute Gasteiger partial charge is 0.481 e. The van der Waals surface area contributed by atoms with Crippen LogP contribution in [0.25, 0.3) is 10.9 Å². The molecule has 0 saturated carbocycles. The van der Waals surface area contributed by atoms with E-state index in [0.717, 1.165) is 23.0 Å². The second kappa shape index (κ2) is 3.58. The van der Waals surface area contributed by atoms with Gasteiger partial charge >= 0.3 is 5.97 Å². The third-order valence-electron chi connectivity index (χ3n) is 3.45. The minimum atomic E-state index is -0.770. The van der Waals surface area contributed by atoms with Gasteiger partial charge in [0.25, 0.3) is 0 Å². The second-order valence-corrected chi connectivity index (χ2v) is 4.52. The van der Waals surface area contributed by atoms with E-state index < -0.39 is 5.97 Å². The number of carboxylic acids is 1. The SMILES string of the molecule is O=C(O)C1CCc2cc3ccc(F)cc3n2C1. The molecule has 1 N–H and O–H groups in total. The molecule has 1 atom stereocenters. The van der Waals surface area contributed by atoms with Gasteiger partial charge in [0.05, 0.1) is 11.4 Å². The van der Waals surface area contributed by atoms with Gasteiger partial charge < -0.3 is 9.67 Å². The van der Waals surface area contributed by atoms with Gasteiger partial charge in [0, 0.05) is 17.6 Å². The number of halogens is 1. The first-order chi connectivity index (χ1) is 8.15. The van der Waals surface area contributed by atoms with E-state index in [0.29, 0.717) is 13.0 Å². The molecule has 0 bridgehead atoms. The van der Waals surface area contributed by atoms with Gasteiger partial charge in [-0.05, 0) is 37.1 Å².